The molecule has 1 radical (unpaired) electrons. The Hall–Kier alpha value is -2.55. The van der Waals surface area contributed by atoms with Crippen molar-refractivity contribution in [1.29, 1.82) is 0 Å². The van der Waals surface area contributed by atoms with Crippen LogP contribution in [0, 0.1) is 12.1 Å². The van der Waals surface area contributed by atoms with Gasteiger partial charge in [-0.2, -0.15) is 29.4 Å². The summed E-state index contributed by atoms with van der Waals surface area (Å²) in [6.07, 6.45) is 5.68. The van der Waals surface area contributed by atoms with Crippen molar-refractivity contribution in [2.75, 3.05) is 0 Å². The molecule has 4 heteroatoms. The molecule has 4 rings (SSSR count). The van der Waals surface area contributed by atoms with Gasteiger partial charge >= 0.3 is 0 Å². The standard InChI is InChI=1S/C12H11N.C9H7N2.Ir/c1-13-10-6-5-9-12(13)11-7-3-2-4-8-11;1-2-5-9(6-3-1)11-8-4-7-10-11;/h2-7,9-10H,1H3;1-5,7-8H;/q;-1;. The number of pyridine rings is 1. The summed E-state index contributed by atoms with van der Waals surface area (Å²) < 4.78 is 3.87. The molecule has 127 valence electrons. The van der Waals surface area contributed by atoms with Crippen LogP contribution in [0.1, 0.15) is 0 Å². The van der Waals surface area contributed by atoms with E-state index in [-0.39, 0.29) is 20.1 Å². The third-order valence-electron chi connectivity index (χ3n) is 3.48. The molecule has 0 unspecified atom stereocenters. The van der Waals surface area contributed by atoms with Crippen LogP contribution in [0.3, 0.4) is 0 Å². The molecular weight excluding hydrogens is 486 g/mol. The van der Waals surface area contributed by atoms with E-state index in [1.165, 1.54) is 5.69 Å². The average Bonchev–Trinajstić information content (AvgIpc) is 3.19. The Balaban J connectivity index is 0.000000175. The number of hydrogen-bond donors (Lipinski definition) is 0. The van der Waals surface area contributed by atoms with Gasteiger partial charge in [0, 0.05) is 38.6 Å². The predicted molar refractivity (Wildman–Crippen MR) is 94.3 cm³/mol. The number of aryl methyl sites for hydroxylation is 1. The van der Waals surface area contributed by atoms with Crippen LogP contribution in [0.15, 0.2) is 91.4 Å². The summed E-state index contributed by atoms with van der Waals surface area (Å²) in [6, 6.07) is 30.1. The number of hydrogen-bond acceptors (Lipinski definition) is 1. The SMILES string of the molecule is C[n+]1ccccc1-c1[c-]cccc1.[Ir].[c-]1ccccc1-n1cccn1. The van der Waals surface area contributed by atoms with E-state index in [0.29, 0.717) is 0 Å². The third-order valence-corrected chi connectivity index (χ3v) is 3.48. The Morgan fingerprint density at radius 2 is 1.64 bits per heavy atom. The second kappa shape index (κ2) is 9.67. The summed E-state index contributed by atoms with van der Waals surface area (Å²) in [5.74, 6) is 0. The van der Waals surface area contributed by atoms with Gasteiger partial charge in [0.25, 0.3) is 0 Å². The maximum absolute atomic E-state index is 4.07. The van der Waals surface area contributed by atoms with Gasteiger partial charge in [0.15, 0.2) is 6.20 Å². The molecule has 4 aromatic rings. The summed E-state index contributed by atoms with van der Waals surface area (Å²) in [5, 5.41) is 4.07. The van der Waals surface area contributed by atoms with Crippen molar-refractivity contribution in [3.05, 3.63) is 104 Å². The van der Waals surface area contributed by atoms with E-state index in [9.17, 15) is 0 Å². The Bertz CT molecular complexity index is 860. The summed E-state index contributed by atoms with van der Waals surface area (Å²) in [5.41, 5.74) is 3.28. The van der Waals surface area contributed by atoms with Crippen molar-refractivity contribution in [1.82, 2.24) is 9.78 Å². The Kier molecular flexibility index (Phi) is 7.27. The molecule has 0 atom stereocenters. The number of nitrogens with zero attached hydrogens (tertiary/aromatic N) is 3. The van der Waals surface area contributed by atoms with E-state index in [4.69, 9.17) is 0 Å². The predicted octanol–water partition coefficient (Wildman–Crippen LogP) is 3.65. The molecule has 25 heavy (non-hydrogen) atoms. The largest absolute Gasteiger partial charge is 0.266 e. The van der Waals surface area contributed by atoms with Crippen LogP contribution in [-0.4, -0.2) is 9.78 Å². The van der Waals surface area contributed by atoms with E-state index < -0.39 is 0 Å². The molecule has 0 amide bonds. The normalized spacial score (nSPS) is 9.48. The minimum absolute atomic E-state index is 0. The molecule has 0 bridgehead atoms. The van der Waals surface area contributed by atoms with Crippen molar-refractivity contribution in [3.63, 3.8) is 0 Å². The zero-order valence-electron chi connectivity index (χ0n) is 13.8. The smallest absolute Gasteiger partial charge is 0.160 e. The Labute approximate surface area is 161 Å². The van der Waals surface area contributed by atoms with E-state index in [1.54, 1.807) is 10.9 Å². The molecule has 0 spiro atoms. The first-order valence-electron chi connectivity index (χ1n) is 7.73. The van der Waals surface area contributed by atoms with Gasteiger partial charge in [-0.3, -0.25) is 4.68 Å². The minimum Gasteiger partial charge on any atom is -0.266 e. The van der Waals surface area contributed by atoms with Crippen LogP contribution < -0.4 is 4.57 Å². The van der Waals surface area contributed by atoms with E-state index in [0.717, 1.165) is 11.3 Å². The average molecular weight is 505 g/mol. The molecule has 2 aromatic carbocycles. The van der Waals surface area contributed by atoms with Gasteiger partial charge in [0.05, 0.1) is 0 Å². The quantitative estimate of drug-likeness (QED) is 0.302. The fraction of sp³-hybridized carbons (Fsp3) is 0.0476. The monoisotopic (exact) mass is 505 g/mol. The van der Waals surface area contributed by atoms with Crippen molar-refractivity contribution >= 4 is 0 Å². The van der Waals surface area contributed by atoms with E-state index in [2.05, 4.69) is 33.9 Å². The van der Waals surface area contributed by atoms with Crippen molar-refractivity contribution < 1.29 is 24.7 Å². The summed E-state index contributed by atoms with van der Waals surface area (Å²) in [6.45, 7) is 0. The maximum Gasteiger partial charge on any atom is 0.160 e. The first-order chi connectivity index (χ1) is 11.8. The van der Waals surface area contributed by atoms with Crippen molar-refractivity contribution in [2.24, 2.45) is 7.05 Å². The topological polar surface area (TPSA) is 21.7 Å². The molecule has 0 N–H and O–H groups in total. The van der Waals surface area contributed by atoms with Gasteiger partial charge in [-0.25, -0.2) is 4.57 Å². The van der Waals surface area contributed by atoms with Gasteiger partial charge in [0.1, 0.15) is 12.7 Å². The van der Waals surface area contributed by atoms with Gasteiger partial charge in [0.2, 0.25) is 0 Å². The zero-order valence-corrected chi connectivity index (χ0v) is 16.2. The van der Waals surface area contributed by atoms with Crippen LogP contribution in [-0.2, 0) is 27.2 Å². The molecule has 0 aliphatic rings. The second-order valence-electron chi connectivity index (χ2n) is 5.17. The summed E-state index contributed by atoms with van der Waals surface area (Å²) in [4.78, 5) is 0. The molecular formula is C21H18IrN3-. The Morgan fingerprint density at radius 1 is 0.880 bits per heavy atom. The van der Waals surface area contributed by atoms with Gasteiger partial charge in [-0.05, 0) is 17.8 Å². The fourth-order valence-electron chi connectivity index (χ4n) is 2.29. The molecule has 3 nitrogen and oxygen atoms in total. The zero-order chi connectivity index (χ0) is 16.6. The van der Waals surface area contributed by atoms with E-state index in [1.807, 2.05) is 80.1 Å². The molecule has 0 saturated carbocycles. The molecule has 0 aliphatic carbocycles. The number of aromatic nitrogens is 3. The van der Waals surface area contributed by atoms with Gasteiger partial charge in [-0.1, -0.05) is 11.6 Å². The molecule has 0 saturated heterocycles. The molecule has 2 aromatic heterocycles. The van der Waals surface area contributed by atoms with Crippen LogP contribution >= 0.6 is 0 Å². The van der Waals surface area contributed by atoms with Crippen LogP contribution in [0.2, 0.25) is 0 Å². The molecule has 0 fully saturated rings. The van der Waals surface area contributed by atoms with Crippen LogP contribution in [0.5, 0.6) is 0 Å². The number of para-hydroxylation sites is 1. The summed E-state index contributed by atoms with van der Waals surface area (Å²) >= 11 is 0. The minimum atomic E-state index is 0. The Morgan fingerprint density at radius 3 is 2.24 bits per heavy atom. The van der Waals surface area contributed by atoms with Gasteiger partial charge in [-0.15, -0.1) is 36.4 Å². The second-order valence-corrected chi connectivity index (χ2v) is 5.17. The maximum atomic E-state index is 4.07. The van der Waals surface area contributed by atoms with Crippen LogP contribution in [0.4, 0.5) is 0 Å². The number of rotatable bonds is 2. The van der Waals surface area contributed by atoms with Crippen molar-refractivity contribution in [3.8, 4) is 16.9 Å². The first kappa shape index (κ1) is 18.8. The summed E-state index contributed by atoms with van der Waals surface area (Å²) in [7, 11) is 2.04. The molecule has 0 aliphatic heterocycles. The van der Waals surface area contributed by atoms with Crippen molar-refractivity contribution in [2.45, 2.75) is 0 Å². The van der Waals surface area contributed by atoms with E-state index >= 15 is 0 Å². The molecule has 2 heterocycles. The first-order valence-corrected chi connectivity index (χ1v) is 7.73. The van der Waals surface area contributed by atoms with Crippen LogP contribution in [0.25, 0.3) is 16.9 Å². The van der Waals surface area contributed by atoms with Gasteiger partial charge < -0.3 is 0 Å². The third kappa shape index (κ3) is 5.21. The fourth-order valence-corrected chi connectivity index (χ4v) is 2.29. The number of benzene rings is 2.